The van der Waals surface area contributed by atoms with Crippen molar-refractivity contribution >= 4 is 5.96 Å². The number of benzene rings is 2. The van der Waals surface area contributed by atoms with Crippen molar-refractivity contribution in [1.82, 2.24) is 20.2 Å². The third-order valence-corrected chi connectivity index (χ3v) is 4.50. The Balaban J connectivity index is 1.52. The van der Waals surface area contributed by atoms with Gasteiger partial charge in [-0.3, -0.25) is 0 Å². The highest BCUT2D eigenvalue weighted by Crippen LogP contribution is 2.06. The summed E-state index contributed by atoms with van der Waals surface area (Å²) in [7, 11) is 0. The average molecular weight is 376 g/mol. The van der Waals surface area contributed by atoms with E-state index in [2.05, 4.69) is 81.7 Å². The number of aliphatic imine (C=N–C) groups is 1. The van der Waals surface area contributed by atoms with Crippen molar-refractivity contribution in [1.29, 1.82) is 0 Å². The molecule has 146 valence electrons. The summed E-state index contributed by atoms with van der Waals surface area (Å²) in [6.45, 7) is 5.17. The summed E-state index contributed by atoms with van der Waals surface area (Å²) >= 11 is 0. The third kappa shape index (κ3) is 6.27. The number of hydrogen-bond acceptors (Lipinski definition) is 2. The smallest absolute Gasteiger partial charge is 0.191 e. The minimum absolute atomic E-state index is 0.549. The minimum Gasteiger partial charge on any atom is -0.357 e. The van der Waals surface area contributed by atoms with Gasteiger partial charge in [0.2, 0.25) is 0 Å². The standard InChI is InChI=1S/C23H29N5/c1-2-24-23(26-15-9-14-20-10-5-3-6-11-20)27-18-22-25-16-17-28(22)19-21-12-7-4-8-13-21/h3-8,10-13,16-17H,2,9,14-15,18-19H2,1H3,(H2,24,26,27). The second-order valence-electron chi connectivity index (χ2n) is 6.67. The summed E-state index contributed by atoms with van der Waals surface area (Å²) in [5, 5.41) is 6.74. The van der Waals surface area contributed by atoms with E-state index in [0.717, 1.165) is 44.3 Å². The van der Waals surface area contributed by atoms with Crippen LogP contribution in [0.2, 0.25) is 0 Å². The van der Waals surface area contributed by atoms with Crippen LogP contribution in [0.15, 0.2) is 78.0 Å². The molecule has 3 aromatic rings. The van der Waals surface area contributed by atoms with Crippen molar-refractivity contribution in [3.05, 3.63) is 90.0 Å². The van der Waals surface area contributed by atoms with Gasteiger partial charge in [0.05, 0.1) is 0 Å². The summed E-state index contributed by atoms with van der Waals surface area (Å²) in [4.78, 5) is 9.19. The zero-order chi connectivity index (χ0) is 19.4. The lowest BCUT2D eigenvalue weighted by Gasteiger charge is -2.12. The molecular weight excluding hydrogens is 346 g/mol. The van der Waals surface area contributed by atoms with E-state index in [0.29, 0.717) is 6.54 Å². The molecule has 0 aliphatic carbocycles. The maximum Gasteiger partial charge on any atom is 0.191 e. The SMILES string of the molecule is CCNC(=NCc1nccn1Cc1ccccc1)NCCCc1ccccc1. The number of rotatable bonds is 9. The van der Waals surface area contributed by atoms with Crippen LogP contribution >= 0.6 is 0 Å². The van der Waals surface area contributed by atoms with E-state index in [1.807, 2.05) is 18.5 Å². The lowest BCUT2D eigenvalue weighted by molar-refractivity contribution is 0.710. The molecule has 28 heavy (non-hydrogen) atoms. The molecule has 0 atom stereocenters. The van der Waals surface area contributed by atoms with E-state index in [4.69, 9.17) is 4.99 Å². The summed E-state index contributed by atoms with van der Waals surface area (Å²) < 4.78 is 2.15. The van der Waals surface area contributed by atoms with Gasteiger partial charge in [0.1, 0.15) is 12.4 Å². The molecule has 0 saturated heterocycles. The van der Waals surface area contributed by atoms with Crippen LogP contribution in [0.5, 0.6) is 0 Å². The molecule has 5 nitrogen and oxygen atoms in total. The van der Waals surface area contributed by atoms with Gasteiger partial charge < -0.3 is 15.2 Å². The first-order chi connectivity index (χ1) is 13.8. The largest absolute Gasteiger partial charge is 0.357 e. The molecular formula is C23H29N5. The Kier molecular flexibility index (Phi) is 7.67. The number of nitrogens with zero attached hydrogens (tertiary/aromatic N) is 3. The molecule has 0 amide bonds. The summed E-state index contributed by atoms with van der Waals surface area (Å²) in [5.41, 5.74) is 2.63. The van der Waals surface area contributed by atoms with Gasteiger partial charge in [-0.05, 0) is 30.9 Å². The van der Waals surface area contributed by atoms with Crippen LogP contribution in [0, 0.1) is 0 Å². The highest BCUT2D eigenvalue weighted by atomic mass is 15.2. The fourth-order valence-corrected chi connectivity index (χ4v) is 3.05. The fraction of sp³-hybridized carbons (Fsp3) is 0.304. The first-order valence-electron chi connectivity index (χ1n) is 9.95. The number of hydrogen-bond donors (Lipinski definition) is 2. The molecule has 2 aromatic carbocycles. The van der Waals surface area contributed by atoms with Gasteiger partial charge in [-0.15, -0.1) is 0 Å². The van der Waals surface area contributed by atoms with Crippen molar-refractivity contribution in [3.8, 4) is 0 Å². The molecule has 3 rings (SSSR count). The molecule has 0 radical (unpaired) electrons. The van der Waals surface area contributed by atoms with Crippen LogP contribution in [0.4, 0.5) is 0 Å². The minimum atomic E-state index is 0.549. The van der Waals surface area contributed by atoms with Gasteiger partial charge in [-0.2, -0.15) is 0 Å². The van der Waals surface area contributed by atoms with E-state index in [1.165, 1.54) is 11.1 Å². The summed E-state index contributed by atoms with van der Waals surface area (Å²) in [6.07, 6.45) is 5.98. The summed E-state index contributed by atoms with van der Waals surface area (Å²) in [5.74, 6) is 1.80. The predicted octanol–water partition coefficient (Wildman–Crippen LogP) is 3.62. The van der Waals surface area contributed by atoms with E-state index >= 15 is 0 Å². The Morgan fingerprint density at radius 2 is 1.68 bits per heavy atom. The maximum absolute atomic E-state index is 4.71. The number of guanidine groups is 1. The Bertz CT molecular complexity index is 840. The zero-order valence-electron chi connectivity index (χ0n) is 16.5. The first kappa shape index (κ1) is 19.7. The lowest BCUT2D eigenvalue weighted by Crippen LogP contribution is -2.38. The molecule has 5 heteroatoms. The first-order valence-corrected chi connectivity index (χ1v) is 9.95. The topological polar surface area (TPSA) is 54.2 Å². The number of nitrogens with one attached hydrogen (secondary N) is 2. The van der Waals surface area contributed by atoms with E-state index < -0.39 is 0 Å². The normalized spacial score (nSPS) is 11.4. The molecule has 0 aliphatic rings. The molecule has 0 aliphatic heterocycles. The van der Waals surface area contributed by atoms with Gasteiger partial charge in [0, 0.05) is 32.0 Å². The maximum atomic E-state index is 4.71. The third-order valence-electron chi connectivity index (χ3n) is 4.50. The highest BCUT2D eigenvalue weighted by Gasteiger charge is 2.04. The quantitative estimate of drug-likeness (QED) is 0.341. The number of aromatic nitrogens is 2. The number of imidazole rings is 1. The molecule has 0 spiro atoms. The van der Waals surface area contributed by atoms with Gasteiger partial charge in [-0.25, -0.2) is 9.98 Å². The van der Waals surface area contributed by atoms with E-state index in [-0.39, 0.29) is 0 Å². The molecule has 0 fully saturated rings. The molecule has 0 saturated carbocycles. The van der Waals surface area contributed by atoms with Crippen molar-refractivity contribution in [2.75, 3.05) is 13.1 Å². The summed E-state index contributed by atoms with van der Waals surface area (Å²) in [6, 6.07) is 21.0. The average Bonchev–Trinajstić information content (AvgIpc) is 3.17. The van der Waals surface area contributed by atoms with Crippen LogP contribution in [0.3, 0.4) is 0 Å². The molecule has 0 bridgehead atoms. The number of aryl methyl sites for hydroxylation is 1. The van der Waals surface area contributed by atoms with Crippen LogP contribution in [0.25, 0.3) is 0 Å². The van der Waals surface area contributed by atoms with Crippen molar-refractivity contribution in [2.24, 2.45) is 4.99 Å². The lowest BCUT2D eigenvalue weighted by atomic mass is 10.1. The van der Waals surface area contributed by atoms with Crippen molar-refractivity contribution in [2.45, 2.75) is 32.9 Å². The van der Waals surface area contributed by atoms with Gasteiger partial charge >= 0.3 is 0 Å². The Hall–Kier alpha value is -3.08. The second kappa shape index (κ2) is 10.9. The Morgan fingerprint density at radius 3 is 2.39 bits per heavy atom. The van der Waals surface area contributed by atoms with Gasteiger partial charge in [0.15, 0.2) is 5.96 Å². The monoisotopic (exact) mass is 375 g/mol. The fourth-order valence-electron chi connectivity index (χ4n) is 3.05. The van der Waals surface area contributed by atoms with Crippen LogP contribution in [0.1, 0.15) is 30.3 Å². The molecule has 2 N–H and O–H groups in total. The Labute approximate surface area is 167 Å². The van der Waals surface area contributed by atoms with Crippen LogP contribution in [-0.2, 0) is 19.5 Å². The molecule has 1 heterocycles. The van der Waals surface area contributed by atoms with Crippen LogP contribution < -0.4 is 10.6 Å². The highest BCUT2D eigenvalue weighted by molar-refractivity contribution is 5.79. The second-order valence-corrected chi connectivity index (χ2v) is 6.67. The van der Waals surface area contributed by atoms with Gasteiger partial charge in [0.25, 0.3) is 0 Å². The predicted molar refractivity (Wildman–Crippen MR) is 115 cm³/mol. The van der Waals surface area contributed by atoms with Crippen LogP contribution in [-0.4, -0.2) is 28.6 Å². The van der Waals surface area contributed by atoms with Crippen molar-refractivity contribution in [3.63, 3.8) is 0 Å². The molecule has 1 aromatic heterocycles. The Morgan fingerprint density at radius 1 is 0.964 bits per heavy atom. The van der Waals surface area contributed by atoms with E-state index in [9.17, 15) is 0 Å². The van der Waals surface area contributed by atoms with E-state index in [1.54, 1.807) is 0 Å². The molecule has 0 unspecified atom stereocenters. The zero-order valence-corrected chi connectivity index (χ0v) is 16.5. The van der Waals surface area contributed by atoms with Gasteiger partial charge in [-0.1, -0.05) is 60.7 Å². The van der Waals surface area contributed by atoms with Crippen molar-refractivity contribution < 1.29 is 0 Å².